The molecule has 2 unspecified atom stereocenters. The first-order valence-corrected chi connectivity index (χ1v) is 25.5. The van der Waals surface area contributed by atoms with Crippen LogP contribution in [0.4, 0.5) is 17.1 Å². The van der Waals surface area contributed by atoms with Crippen molar-refractivity contribution in [1.82, 2.24) is 0 Å². The van der Waals surface area contributed by atoms with Gasteiger partial charge >= 0.3 is 0 Å². The maximum atomic E-state index is 3.55. The molecular formula is C69H56N2. The van der Waals surface area contributed by atoms with Crippen LogP contribution in [0.25, 0.3) is 22.4 Å². The Hall–Kier alpha value is -8.30. The van der Waals surface area contributed by atoms with E-state index in [9.17, 15) is 0 Å². The summed E-state index contributed by atoms with van der Waals surface area (Å²) in [7, 11) is 0. The lowest BCUT2D eigenvalue weighted by atomic mass is 9.65. The van der Waals surface area contributed by atoms with Crippen LogP contribution in [0.15, 0.2) is 229 Å². The third kappa shape index (κ3) is 7.64. The summed E-state index contributed by atoms with van der Waals surface area (Å²) < 4.78 is 0. The van der Waals surface area contributed by atoms with Crippen molar-refractivity contribution in [3.63, 3.8) is 0 Å². The summed E-state index contributed by atoms with van der Waals surface area (Å²) in [5, 5.41) is 0. The molecule has 5 aliphatic rings. The highest BCUT2D eigenvalue weighted by atomic mass is 15.2. The molecule has 2 heteroatoms. The number of rotatable bonds is 10. The minimum absolute atomic E-state index is 0.0119. The third-order valence-electron chi connectivity index (χ3n) is 15.1. The minimum atomic E-state index is -0.599. The van der Waals surface area contributed by atoms with Gasteiger partial charge in [-0.15, -0.1) is 0 Å². The number of fused-ring (bicyclic) bond motifs is 7. The molecule has 5 aliphatic carbocycles. The Morgan fingerprint density at radius 1 is 0.577 bits per heavy atom. The first-order valence-electron chi connectivity index (χ1n) is 25.5. The lowest BCUT2D eigenvalue weighted by Crippen LogP contribution is -2.30. The number of benzene rings is 7. The smallest absolute Gasteiger partial charge is 0.0726 e. The van der Waals surface area contributed by atoms with Crippen molar-refractivity contribution in [2.75, 3.05) is 9.80 Å². The molecule has 0 fully saturated rings. The standard InChI is InChI=1S/C69H56N2/c1-3-24-63-62-46-44-57(71(54-33-13-7-14-34-54)67-40-15-5-10-29-52-30-18-21-37-59(52)67)48-66(62)69(68(63)58-36-20-16-25-49(58)2)64-39-23-22-38-60(64)61-45-43-56(47-65(61)69)70(53-31-11-6-12-32-53)55-35-19-17-28-51(41-42-55)50-26-8-4-9-27-50/h4,6-9,11-14,16,18,20-23,25-27,30-42,44,46-48,51H,3,15,19,24,29,43,45H2,1-2H3/b42-41-,55-35+,67-40+. The number of aryl methyl sites for hydroxylation is 1. The zero-order chi connectivity index (χ0) is 47.7. The van der Waals surface area contributed by atoms with Gasteiger partial charge in [-0.25, -0.2) is 0 Å². The van der Waals surface area contributed by atoms with Crippen LogP contribution in [0.3, 0.4) is 0 Å². The van der Waals surface area contributed by atoms with Crippen molar-refractivity contribution in [2.45, 2.75) is 70.1 Å². The van der Waals surface area contributed by atoms with E-state index < -0.39 is 5.41 Å². The van der Waals surface area contributed by atoms with Gasteiger partial charge in [0, 0.05) is 53.3 Å². The SMILES string of the molecule is CCCC1=C(c2ccccc2C)C2(C3=C(CCC(N(C4=C/CC#CC(c5ccccc5)/C=C\4)c4ccccc4)=C3)c3ccccc32)c2cc(N(/C3=C/CC#CCc4ccccc43)c3ccccc3)ccc21. The molecule has 0 heterocycles. The molecule has 7 aromatic carbocycles. The van der Waals surface area contributed by atoms with Gasteiger partial charge in [-0.3, -0.25) is 0 Å². The molecule has 12 rings (SSSR count). The molecule has 0 amide bonds. The number of para-hydroxylation sites is 2. The van der Waals surface area contributed by atoms with Gasteiger partial charge in [0.05, 0.1) is 17.0 Å². The number of allylic oxidation sites excluding steroid dienone is 10. The molecule has 71 heavy (non-hydrogen) atoms. The van der Waals surface area contributed by atoms with Gasteiger partial charge in [0.1, 0.15) is 0 Å². The quantitative estimate of drug-likeness (QED) is 0.126. The van der Waals surface area contributed by atoms with Crippen molar-refractivity contribution < 1.29 is 0 Å². The minimum Gasteiger partial charge on any atom is -0.315 e. The van der Waals surface area contributed by atoms with Crippen molar-refractivity contribution in [3.8, 4) is 23.7 Å². The van der Waals surface area contributed by atoms with Crippen LogP contribution in [0.1, 0.15) is 101 Å². The molecule has 2 nitrogen and oxygen atoms in total. The Kier molecular flexibility index (Phi) is 11.7. The Bertz CT molecular complexity index is 3540. The van der Waals surface area contributed by atoms with E-state index in [0.717, 1.165) is 54.9 Å². The average molecular weight is 913 g/mol. The van der Waals surface area contributed by atoms with Gasteiger partial charge < -0.3 is 9.80 Å². The fourth-order valence-electron chi connectivity index (χ4n) is 12.1. The second kappa shape index (κ2) is 18.9. The third-order valence-corrected chi connectivity index (χ3v) is 15.1. The summed E-state index contributed by atoms with van der Waals surface area (Å²) in [6, 6.07) is 67.4. The maximum Gasteiger partial charge on any atom is 0.0726 e. The van der Waals surface area contributed by atoms with E-state index in [1.165, 1.54) is 83.8 Å². The van der Waals surface area contributed by atoms with E-state index in [1.807, 2.05) is 0 Å². The van der Waals surface area contributed by atoms with Crippen LogP contribution >= 0.6 is 0 Å². The summed E-state index contributed by atoms with van der Waals surface area (Å²) in [6.07, 6.45) is 17.8. The number of hydrogen-bond acceptors (Lipinski definition) is 2. The van der Waals surface area contributed by atoms with Crippen molar-refractivity contribution in [3.05, 3.63) is 279 Å². The predicted octanol–water partition coefficient (Wildman–Crippen LogP) is 16.7. The van der Waals surface area contributed by atoms with Gasteiger partial charge in [0.15, 0.2) is 0 Å². The molecule has 0 radical (unpaired) electrons. The molecule has 0 N–H and O–H groups in total. The van der Waals surface area contributed by atoms with Crippen LogP contribution < -0.4 is 9.80 Å². The van der Waals surface area contributed by atoms with Crippen molar-refractivity contribution in [2.24, 2.45) is 0 Å². The first-order chi connectivity index (χ1) is 35.1. The highest BCUT2D eigenvalue weighted by Gasteiger charge is 2.55. The van der Waals surface area contributed by atoms with Crippen LogP contribution in [0.2, 0.25) is 0 Å². The molecule has 342 valence electrons. The monoisotopic (exact) mass is 912 g/mol. The highest BCUT2D eigenvalue weighted by Crippen LogP contribution is 2.67. The maximum absolute atomic E-state index is 3.55. The summed E-state index contributed by atoms with van der Waals surface area (Å²) in [4.78, 5) is 5.03. The van der Waals surface area contributed by atoms with E-state index in [0.29, 0.717) is 12.8 Å². The van der Waals surface area contributed by atoms with E-state index in [4.69, 9.17) is 0 Å². The van der Waals surface area contributed by atoms with Crippen molar-refractivity contribution >= 4 is 39.5 Å². The van der Waals surface area contributed by atoms with Crippen molar-refractivity contribution in [1.29, 1.82) is 0 Å². The second-order valence-electron chi connectivity index (χ2n) is 19.2. The van der Waals surface area contributed by atoms with E-state index in [-0.39, 0.29) is 5.92 Å². The zero-order valence-electron chi connectivity index (χ0n) is 40.6. The zero-order valence-corrected chi connectivity index (χ0v) is 40.6. The van der Waals surface area contributed by atoms with Crippen LogP contribution in [0.5, 0.6) is 0 Å². The van der Waals surface area contributed by atoms with E-state index in [2.05, 4.69) is 260 Å². The molecular weight excluding hydrogens is 857 g/mol. The van der Waals surface area contributed by atoms with Gasteiger partial charge in [-0.1, -0.05) is 189 Å². The Morgan fingerprint density at radius 3 is 2.03 bits per heavy atom. The van der Waals surface area contributed by atoms with Crippen LogP contribution in [-0.4, -0.2) is 0 Å². The van der Waals surface area contributed by atoms with Gasteiger partial charge in [0.2, 0.25) is 0 Å². The van der Waals surface area contributed by atoms with Gasteiger partial charge in [-0.2, -0.15) is 0 Å². The molecule has 0 saturated carbocycles. The summed E-state index contributed by atoms with van der Waals surface area (Å²) in [6.45, 7) is 4.65. The van der Waals surface area contributed by atoms with Gasteiger partial charge in [0.25, 0.3) is 0 Å². The molecule has 1 spiro atoms. The Morgan fingerprint density at radius 2 is 1.25 bits per heavy atom. The number of hydrogen-bond donors (Lipinski definition) is 0. The van der Waals surface area contributed by atoms with Gasteiger partial charge in [-0.05, 0) is 154 Å². The molecule has 0 bridgehead atoms. The second-order valence-corrected chi connectivity index (χ2v) is 19.2. The van der Waals surface area contributed by atoms with E-state index in [1.54, 1.807) is 0 Å². The normalized spacial score (nSPS) is 20.3. The number of nitrogens with zero attached hydrogens (tertiary/aromatic N) is 2. The highest BCUT2D eigenvalue weighted by molar-refractivity contribution is 6.11. The lowest BCUT2D eigenvalue weighted by Gasteiger charge is -2.38. The predicted molar refractivity (Wildman–Crippen MR) is 298 cm³/mol. The Labute approximate surface area is 420 Å². The fraction of sp³-hybridized carbons (Fsp3) is 0.159. The fourth-order valence-corrected chi connectivity index (χ4v) is 12.1. The molecule has 0 saturated heterocycles. The number of anilines is 3. The molecule has 7 aromatic rings. The van der Waals surface area contributed by atoms with Crippen LogP contribution in [0, 0.1) is 30.6 Å². The molecule has 0 aromatic heterocycles. The lowest BCUT2D eigenvalue weighted by molar-refractivity contribution is 0.810. The van der Waals surface area contributed by atoms with Crippen LogP contribution in [-0.2, 0) is 11.8 Å². The summed E-state index contributed by atoms with van der Waals surface area (Å²) in [5.41, 5.74) is 23.9. The topological polar surface area (TPSA) is 6.48 Å². The average Bonchev–Trinajstić information content (AvgIpc) is 3.85. The molecule has 2 atom stereocenters. The Balaban J connectivity index is 1.12. The largest absolute Gasteiger partial charge is 0.315 e. The first kappa shape index (κ1) is 43.9. The summed E-state index contributed by atoms with van der Waals surface area (Å²) >= 11 is 0. The summed E-state index contributed by atoms with van der Waals surface area (Å²) in [5.74, 6) is 14.0. The van der Waals surface area contributed by atoms with E-state index >= 15 is 0 Å². The molecule has 0 aliphatic heterocycles.